The average molecular weight is 624 g/mol. The fourth-order valence-electron chi connectivity index (χ4n) is 6.70. The number of hydrogen-bond donors (Lipinski definition) is 3. The Labute approximate surface area is 242 Å². The molecule has 4 saturated heterocycles. The second-order valence-electron chi connectivity index (χ2n) is 10.9. The first-order valence-corrected chi connectivity index (χ1v) is 15.9. The number of nitrogens with one attached hydrogen (secondary N) is 2. The van der Waals surface area contributed by atoms with Gasteiger partial charge in [-0.15, -0.1) is 11.8 Å². The zero-order chi connectivity index (χ0) is 27.4. The minimum absolute atomic E-state index is 0.0528. The molecule has 2 bridgehead atoms. The number of hydrogen-bond acceptors (Lipinski definition) is 7. The van der Waals surface area contributed by atoms with E-state index in [4.69, 9.17) is 4.74 Å². The van der Waals surface area contributed by atoms with Crippen LogP contribution < -0.4 is 10.6 Å². The second kappa shape index (κ2) is 12.9. The topological polar surface area (TPSA) is 111 Å². The number of carbonyl (C=O) groups is 3. The van der Waals surface area contributed by atoms with E-state index in [9.17, 15) is 19.5 Å². The molecule has 0 aliphatic carbocycles. The monoisotopic (exact) mass is 622 g/mol. The molecule has 39 heavy (non-hydrogen) atoms. The summed E-state index contributed by atoms with van der Waals surface area (Å²) in [5.41, 5.74) is 1.01. The molecule has 0 aromatic heterocycles. The Bertz CT molecular complexity index is 1030. The summed E-state index contributed by atoms with van der Waals surface area (Å²) in [5.74, 6) is -1.34. The number of benzene rings is 1. The van der Waals surface area contributed by atoms with Gasteiger partial charge in [-0.3, -0.25) is 19.3 Å². The van der Waals surface area contributed by atoms with Crippen LogP contribution in [0.4, 0.5) is 0 Å². The highest BCUT2D eigenvalue weighted by molar-refractivity contribution is 9.09. The van der Waals surface area contributed by atoms with Gasteiger partial charge in [0.2, 0.25) is 17.7 Å². The van der Waals surface area contributed by atoms with Crippen LogP contribution in [0, 0.1) is 11.8 Å². The van der Waals surface area contributed by atoms with E-state index in [1.165, 1.54) is 0 Å². The first kappa shape index (κ1) is 28.9. The van der Waals surface area contributed by atoms with Crippen molar-refractivity contribution in [1.82, 2.24) is 20.4 Å². The van der Waals surface area contributed by atoms with Crippen molar-refractivity contribution in [1.29, 1.82) is 0 Å². The molecule has 1 aromatic carbocycles. The first-order chi connectivity index (χ1) is 19.0. The van der Waals surface area contributed by atoms with Gasteiger partial charge in [-0.2, -0.15) is 0 Å². The van der Waals surface area contributed by atoms with Gasteiger partial charge in [0.05, 0.1) is 29.8 Å². The smallest absolute Gasteiger partial charge is 0.244 e. The number of halogens is 1. The van der Waals surface area contributed by atoms with Crippen molar-refractivity contribution in [2.45, 2.75) is 53.1 Å². The van der Waals surface area contributed by atoms with Gasteiger partial charge >= 0.3 is 0 Å². The lowest BCUT2D eigenvalue weighted by Crippen LogP contribution is -2.55. The third-order valence-electron chi connectivity index (χ3n) is 8.54. The molecule has 4 heterocycles. The number of ether oxygens (including phenoxy) is 1. The van der Waals surface area contributed by atoms with Crippen molar-refractivity contribution < 1.29 is 24.2 Å². The predicted octanol–water partition coefficient (Wildman–Crippen LogP) is 1.38. The van der Waals surface area contributed by atoms with E-state index >= 15 is 0 Å². The van der Waals surface area contributed by atoms with Crippen LogP contribution in [0.25, 0.3) is 0 Å². The Morgan fingerprint density at radius 3 is 2.59 bits per heavy atom. The quantitative estimate of drug-likeness (QED) is 0.239. The highest BCUT2D eigenvalue weighted by Gasteiger charge is 2.75. The lowest BCUT2D eigenvalue weighted by molar-refractivity contribution is -0.140. The molecule has 0 radical (unpaired) electrons. The Morgan fingerprint density at radius 1 is 1.08 bits per heavy atom. The van der Waals surface area contributed by atoms with Crippen LogP contribution >= 0.6 is 27.7 Å². The van der Waals surface area contributed by atoms with Gasteiger partial charge in [-0.05, 0) is 31.2 Å². The number of morpholine rings is 1. The number of thioether (sulfide) groups is 1. The van der Waals surface area contributed by atoms with Gasteiger partial charge in [0.25, 0.3) is 0 Å². The lowest BCUT2D eigenvalue weighted by Gasteiger charge is -2.35. The summed E-state index contributed by atoms with van der Waals surface area (Å²) in [7, 11) is 0. The van der Waals surface area contributed by atoms with Crippen LogP contribution in [-0.2, 0) is 25.7 Å². The Balaban J connectivity index is 1.33. The lowest BCUT2D eigenvalue weighted by atomic mass is 9.70. The van der Waals surface area contributed by atoms with Crippen LogP contribution in [-0.4, -0.2) is 106 Å². The Morgan fingerprint density at radius 2 is 1.85 bits per heavy atom. The van der Waals surface area contributed by atoms with Crippen LogP contribution in [0.3, 0.4) is 0 Å². The summed E-state index contributed by atoms with van der Waals surface area (Å²) < 4.78 is 4.79. The van der Waals surface area contributed by atoms with Crippen LogP contribution in [0.5, 0.6) is 0 Å². The van der Waals surface area contributed by atoms with Gasteiger partial charge in [0.1, 0.15) is 6.04 Å². The summed E-state index contributed by atoms with van der Waals surface area (Å²) in [6.07, 6.45) is 2.83. The van der Waals surface area contributed by atoms with Gasteiger partial charge < -0.3 is 25.4 Å². The fourth-order valence-corrected chi connectivity index (χ4v) is 10.3. The largest absolute Gasteiger partial charge is 0.396 e. The number of unbranched alkanes of at least 4 members (excludes halogenated alkanes) is 2. The maximum Gasteiger partial charge on any atom is 0.244 e. The Hall–Kier alpha value is -1.66. The van der Waals surface area contributed by atoms with Crippen molar-refractivity contribution >= 4 is 45.4 Å². The van der Waals surface area contributed by atoms with Gasteiger partial charge in [0, 0.05) is 56.0 Å². The highest BCUT2D eigenvalue weighted by Crippen LogP contribution is 2.67. The standard InChI is InChI=1S/C28H39BrN4O5S/c29-20-17-28-22(21(23(20)39-28)25(35)31-18-19-7-3-1-4-8-19)27(37)33(10-5-2-6-14-34)24(28)26(36)30-9-11-32-12-15-38-16-13-32/h1,3-4,7-8,20-24,34H,2,5-6,9-18H2,(H,30,36)(H,31,35)/t20?,21-,22+,23-,24?,28?/m1/s1. The minimum Gasteiger partial charge on any atom is -0.396 e. The molecule has 6 atom stereocenters. The van der Waals surface area contributed by atoms with E-state index in [2.05, 4.69) is 31.5 Å². The van der Waals surface area contributed by atoms with Gasteiger partial charge in [-0.25, -0.2) is 0 Å². The van der Waals surface area contributed by atoms with Crippen molar-refractivity contribution in [3.63, 3.8) is 0 Å². The number of aliphatic hydroxyl groups excluding tert-OH is 1. The maximum absolute atomic E-state index is 14.0. The molecule has 3 unspecified atom stereocenters. The van der Waals surface area contributed by atoms with Crippen molar-refractivity contribution in [2.24, 2.45) is 11.8 Å². The van der Waals surface area contributed by atoms with E-state index in [1.807, 2.05) is 30.3 Å². The zero-order valence-corrected chi connectivity index (χ0v) is 24.6. The number of amides is 3. The zero-order valence-electron chi connectivity index (χ0n) is 22.2. The molecule has 4 fully saturated rings. The summed E-state index contributed by atoms with van der Waals surface area (Å²) in [6.45, 7) is 5.33. The molecule has 4 aliphatic rings. The molecule has 1 spiro atoms. The minimum atomic E-state index is -0.634. The molecule has 4 aliphatic heterocycles. The molecule has 0 saturated carbocycles. The molecule has 3 N–H and O–H groups in total. The van der Waals surface area contributed by atoms with Crippen molar-refractivity contribution in [2.75, 3.05) is 52.5 Å². The Kier molecular flexibility index (Phi) is 9.54. The summed E-state index contributed by atoms with van der Waals surface area (Å²) in [4.78, 5) is 45.5. The number of nitrogens with zero attached hydrogens (tertiary/aromatic N) is 2. The summed E-state index contributed by atoms with van der Waals surface area (Å²) in [6, 6.07) is 9.14. The average Bonchev–Trinajstić information content (AvgIpc) is 3.54. The van der Waals surface area contributed by atoms with E-state index in [-0.39, 0.29) is 34.4 Å². The van der Waals surface area contributed by atoms with Crippen LogP contribution in [0.2, 0.25) is 0 Å². The summed E-state index contributed by atoms with van der Waals surface area (Å²) in [5, 5.41) is 15.4. The van der Waals surface area contributed by atoms with Crippen LogP contribution in [0.15, 0.2) is 30.3 Å². The third kappa shape index (κ3) is 5.88. The molecule has 11 heteroatoms. The van der Waals surface area contributed by atoms with Crippen molar-refractivity contribution in [3.05, 3.63) is 35.9 Å². The number of carbonyl (C=O) groups excluding carboxylic acids is 3. The molecular formula is C28H39BrN4O5S. The SMILES string of the molecule is O=C(NCCN1CCOCC1)C1N(CCCCCO)C(=O)[C@@H]2[C@@H](C(=O)NCc3ccccc3)[C@@H]3SC12CC3Br. The van der Waals surface area contributed by atoms with Gasteiger partial charge in [0.15, 0.2) is 0 Å². The second-order valence-corrected chi connectivity index (χ2v) is 13.6. The normalized spacial score (nSPS) is 31.9. The van der Waals surface area contributed by atoms with Crippen LogP contribution in [0.1, 0.15) is 31.2 Å². The molecule has 3 amide bonds. The molecule has 9 nitrogen and oxygen atoms in total. The number of alkyl halides is 1. The van der Waals surface area contributed by atoms with Crippen molar-refractivity contribution in [3.8, 4) is 0 Å². The number of rotatable bonds is 12. The van der Waals surface area contributed by atoms with E-state index in [0.29, 0.717) is 52.1 Å². The fraction of sp³-hybridized carbons (Fsp3) is 0.679. The molecule has 214 valence electrons. The van der Waals surface area contributed by atoms with E-state index < -0.39 is 22.6 Å². The molecule has 1 aromatic rings. The van der Waals surface area contributed by atoms with E-state index in [0.717, 1.165) is 31.6 Å². The van der Waals surface area contributed by atoms with Gasteiger partial charge in [-0.1, -0.05) is 46.3 Å². The third-order valence-corrected chi connectivity index (χ3v) is 11.8. The molecule has 5 rings (SSSR count). The first-order valence-electron chi connectivity index (χ1n) is 14.1. The number of likely N-dealkylation sites (tertiary alicyclic amines) is 1. The number of aliphatic hydroxyl groups is 1. The predicted molar refractivity (Wildman–Crippen MR) is 153 cm³/mol. The molecular weight excluding hydrogens is 584 g/mol. The highest BCUT2D eigenvalue weighted by atomic mass is 79.9. The maximum atomic E-state index is 14.0. The number of fused-ring (bicyclic) bond motifs is 1. The summed E-state index contributed by atoms with van der Waals surface area (Å²) >= 11 is 5.48. The van der Waals surface area contributed by atoms with E-state index in [1.54, 1.807) is 16.7 Å².